The van der Waals surface area contributed by atoms with Crippen LogP contribution in [0.5, 0.6) is 0 Å². The maximum Gasteiger partial charge on any atom is 0.338 e. The van der Waals surface area contributed by atoms with Crippen LogP contribution in [0.2, 0.25) is 5.02 Å². The molecule has 2 aromatic rings. The van der Waals surface area contributed by atoms with E-state index in [0.29, 0.717) is 18.7 Å². The number of benzene rings is 2. The van der Waals surface area contributed by atoms with Crippen LogP contribution in [-0.4, -0.2) is 43.7 Å². The number of esters is 1. The first kappa shape index (κ1) is 23.4. The highest BCUT2D eigenvalue weighted by atomic mass is 35.5. The number of Topliss-reactive ketones (excluding diaryl/α,β-unsaturated/α-hetero) is 1. The fourth-order valence-corrected chi connectivity index (χ4v) is 5.50. The van der Waals surface area contributed by atoms with E-state index in [0.717, 1.165) is 31.2 Å². The average Bonchev–Trinajstić information content (AvgIpc) is 3.04. The molecule has 1 aliphatic rings. The van der Waals surface area contributed by atoms with Crippen molar-refractivity contribution in [3.8, 4) is 0 Å². The number of hydrogen-bond acceptors (Lipinski definition) is 5. The first-order valence-corrected chi connectivity index (χ1v) is 12.1. The number of carbonyl (C=O) groups is 2. The molecule has 6 nitrogen and oxygen atoms in total. The Bertz CT molecular complexity index is 1060. The number of aryl methyl sites for hydroxylation is 1. The van der Waals surface area contributed by atoms with E-state index in [9.17, 15) is 18.0 Å². The lowest BCUT2D eigenvalue weighted by Gasteiger charge is -2.21. The number of hydrogen-bond donors (Lipinski definition) is 0. The Morgan fingerprint density at radius 1 is 0.968 bits per heavy atom. The van der Waals surface area contributed by atoms with Gasteiger partial charge in [0.05, 0.1) is 10.6 Å². The minimum atomic E-state index is -3.84. The fraction of sp³-hybridized carbons (Fsp3) is 0.391. The molecule has 0 saturated carbocycles. The van der Waals surface area contributed by atoms with Gasteiger partial charge in [-0.05, 0) is 44.9 Å². The van der Waals surface area contributed by atoms with Gasteiger partial charge in [0.25, 0.3) is 0 Å². The first-order valence-electron chi connectivity index (χ1n) is 10.3. The van der Waals surface area contributed by atoms with Crippen molar-refractivity contribution in [2.45, 2.75) is 50.5 Å². The van der Waals surface area contributed by atoms with Gasteiger partial charge in [-0.2, -0.15) is 4.31 Å². The van der Waals surface area contributed by atoms with Gasteiger partial charge in [0, 0.05) is 18.7 Å². The summed E-state index contributed by atoms with van der Waals surface area (Å²) in [5, 5.41) is 0.0459. The van der Waals surface area contributed by atoms with Crippen molar-refractivity contribution in [1.29, 1.82) is 0 Å². The molecule has 1 heterocycles. The second-order valence-electron chi connectivity index (χ2n) is 7.74. The van der Waals surface area contributed by atoms with Gasteiger partial charge in [0.1, 0.15) is 4.90 Å². The minimum absolute atomic E-state index is 0.0290. The van der Waals surface area contributed by atoms with E-state index < -0.39 is 22.1 Å². The molecular formula is C23H26ClNO5S. The van der Waals surface area contributed by atoms with Crippen molar-refractivity contribution >= 4 is 33.4 Å². The summed E-state index contributed by atoms with van der Waals surface area (Å²) < 4.78 is 33.0. The van der Waals surface area contributed by atoms with Crippen molar-refractivity contribution < 1.29 is 22.7 Å². The van der Waals surface area contributed by atoms with Gasteiger partial charge in [-0.25, -0.2) is 13.2 Å². The van der Waals surface area contributed by atoms with Crippen LogP contribution >= 0.6 is 11.6 Å². The summed E-state index contributed by atoms with van der Waals surface area (Å²) in [7, 11) is -3.84. The highest BCUT2D eigenvalue weighted by Crippen LogP contribution is 2.28. The molecule has 31 heavy (non-hydrogen) atoms. The smallest absolute Gasteiger partial charge is 0.338 e. The summed E-state index contributed by atoms with van der Waals surface area (Å²) in [5.41, 5.74) is 1.48. The number of carbonyl (C=O) groups excluding carboxylic acids is 2. The summed E-state index contributed by atoms with van der Waals surface area (Å²) in [5.74, 6) is -1.11. The molecule has 0 aliphatic carbocycles. The Labute approximate surface area is 188 Å². The molecule has 2 aromatic carbocycles. The lowest BCUT2D eigenvalue weighted by molar-refractivity contribution is 0.0318. The Hall–Kier alpha value is -2.22. The second kappa shape index (κ2) is 9.94. The van der Waals surface area contributed by atoms with E-state index in [-0.39, 0.29) is 21.3 Å². The van der Waals surface area contributed by atoms with Gasteiger partial charge in [0.15, 0.2) is 6.10 Å². The third kappa shape index (κ3) is 5.53. The molecule has 1 fully saturated rings. The van der Waals surface area contributed by atoms with Crippen LogP contribution in [0.3, 0.4) is 0 Å². The van der Waals surface area contributed by atoms with E-state index >= 15 is 0 Å². The molecule has 0 amide bonds. The third-order valence-electron chi connectivity index (χ3n) is 5.34. The zero-order valence-electron chi connectivity index (χ0n) is 17.6. The maximum absolute atomic E-state index is 13.1. The quantitative estimate of drug-likeness (QED) is 0.460. The summed E-state index contributed by atoms with van der Waals surface area (Å²) in [4.78, 5) is 25.1. The van der Waals surface area contributed by atoms with Crippen molar-refractivity contribution in [3.63, 3.8) is 0 Å². The Balaban J connectivity index is 1.79. The predicted octanol–water partition coefficient (Wildman–Crippen LogP) is 4.64. The molecule has 1 atom stereocenters. The zero-order chi connectivity index (χ0) is 22.6. The Kier molecular flexibility index (Phi) is 7.51. The molecule has 3 rings (SSSR count). The summed E-state index contributed by atoms with van der Waals surface area (Å²) in [6.07, 6.45) is 2.53. The van der Waals surface area contributed by atoms with Gasteiger partial charge in [-0.3, -0.25) is 4.79 Å². The van der Waals surface area contributed by atoms with Crippen LogP contribution in [0.1, 0.15) is 58.9 Å². The fourth-order valence-electron chi connectivity index (χ4n) is 3.48. The molecule has 8 heteroatoms. The third-order valence-corrected chi connectivity index (χ3v) is 7.72. The number of halogens is 1. The molecule has 1 aliphatic heterocycles. The standard InChI is InChI=1S/C23H26ClNO5S/c1-16-7-9-18(10-8-16)22(26)17(2)30-23(27)19-11-12-20(24)21(15-19)31(28,29)25-13-5-3-4-6-14-25/h7-12,15,17H,3-6,13-14H2,1-2H3/t17-/m1/s1. The van der Waals surface area contributed by atoms with Crippen LogP contribution in [0.15, 0.2) is 47.4 Å². The molecule has 0 spiro atoms. The molecule has 0 radical (unpaired) electrons. The summed E-state index contributed by atoms with van der Waals surface area (Å²) in [6, 6.07) is 11.0. The van der Waals surface area contributed by atoms with Crippen LogP contribution in [0, 0.1) is 6.92 Å². The van der Waals surface area contributed by atoms with Crippen molar-refractivity contribution in [3.05, 3.63) is 64.2 Å². The molecule has 0 unspecified atom stereocenters. The molecule has 166 valence electrons. The van der Waals surface area contributed by atoms with Crippen molar-refractivity contribution in [2.24, 2.45) is 0 Å². The number of ether oxygens (including phenoxy) is 1. The van der Waals surface area contributed by atoms with E-state index in [1.54, 1.807) is 24.3 Å². The molecular weight excluding hydrogens is 438 g/mol. The maximum atomic E-state index is 13.1. The highest BCUT2D eigenvalue weighted by molar-refractivity contribution is 7.89. The monoisotopic (exact) mass is 463 g/mol. The number of nitrogens with zero attached hydrogens (tertiary/aromatic N) is 1. The summed E-state index contributed by atoms with van der Waals surface area (Å²) >= 11 is 6.18. The van der Waals surface area contributed by atoms with Crippen LogP contribution in [-0.2, 0) is 14.8 Å². The van der Waals surface area contributed by atoms with E-state index in [1.165, 1.54) is 29.4 Å². The topological polar surface area (TPSA) is 80.8 Å². The van der Waals surface area contributed by atoms with Gasteiger partial charge < -0.3 is 4.74 Å². The van der Waals surface area contributed by atoms with Crippen molar-refractivity contribution in [1.82, 2.24) is 4.31 Å². The number of rotatable bonds is 6. The molecule has 0 aromatic heterocycles. The second-order valence-corrected chi connectivity index (χ2v) is 10.1. The van der Waals surface area contributed by atoms with Gasteiger partial charge in [-0.1, -0.05) is 54.3 Å². The van der Waals surface area contributed by atoms with E-state index in [4.69, 9.17) is 16.3 Å². The Morgan fingerprint density at radius 3 is 2.16 bits per heavy atom. The SMILES string of the molecule is Cc1ccc(C(=O)[C@@H](C)OC(=O)c2ccc(Cl)c(S(=O)(=O)N3CCCCCC3)c2)cc1. The van der Waals surface area contributed by atoms with E-state index in [2.05, 4.69) is 0 Å². The average molecular weight is 464 g/mol. The van der Waals surface area contributed by atoms with Crippen molar-refractivity contribution in [2.75, 3.05) is 13.1 Å². The molecule has 0 N–H and O–H groups in total. The highest BCUT2D eigenvalue weighted by Gasteiger charge is 2.29. The van der Waals surface area contributed by atoms with Gasteiger partial charge >= 0.3 is 5.97 Å². The van der Waals surface area contributed by atoms with Crippen LogP contribution in [0.25, 0.3) is 0 Å². The van der Waals surface area contributed by atoms with Crippen LogP contribution in [0.4, 0.5) is 0 Å². The normalized spacial score (nSPS) is 16.4. The molecule has 1 saturated heterocycles. The van der Waals surface area contributed by atoms with Gasteiger partial charge in [0.2, 0.25) is 15.8 Å². The zero-order valence-corrected chi connectivity index (χ0v) is 19.2. The lowest BCUT2D eigenvalue weighted by atomic mass is 10.1. The predicted molar refractivity (Wildman–Crippen MR) is 119 cm³/mol. The first-order chi connectivity index (χ1) is 14.7. The number of ketones is 1. The van der Waals surface area contributed by atoms with Gasteiger partial charge in [-0.15, -0.1) is 0 Å². The molecule has 0 bridgehead atoms. The van der Waals surface area contributed by atoms with E-state index in [1.807, 2.05) is 6.92 Å². The minimum Gasteiger partial charge on any atom is -0.451 e. The largest absolute Gasteiger partial charge is 0.451 e. The number of sulfonamides is 1. The lowest BCUT2D eigenvalue weighted by Crippen LogP contribution is -2.32. The summed E-state index contributed by atoms with van der Waals surface area (Å²) in [6.45, 7) is 4.26. The Morgan fingerprint density at radius 2 is 1.55 bits per heavy atom. The van der Waals surface area contributed by atoms with Crippen LogP contribution < -0.4 is 0 Å².